The first-order valence-corrected chi connectivity index (χ1v) is 6.19. The molecule has 1 saturated heterocycles. The Morgan fingerprint density at radius 2 is 2.07 bits per heavy atom. The molecule has 1 atom stereocenters. The lowest BCUT2D eigenvalue weighted by Crippen LogP contribution is -2.39. The average Bonchev–Trinajstić information content (AvgIpc) is 2.21. The number of piperidine rings is 1. The first-order valence-electron chi connectivity index (χ1n) is 6.19. The largest absolute Gasteiger partial charge is 0.387 e. The molecule has 0 aromatic carbocycles. The number of rotatable bonds is 5. The van der Waals surface area contributed by atoms with E-state index in [-0.39, 0.29) is 5.92 Å². The fourth-order valence-electron chi connectivity index (χ4n) is 2.35. The van der Waals surface area contributed by atoms with E-state index in [1.807, 2.05) is 6.92 Å². The highest BCUT2D eigenvalue weighted by atomic mass is 15.1. The predicted molar refractivity (Wildman–Crippen MR) is 65.2 cm³/mol. The lowest BCUT2D eigenvalue weighted by molar-refractivity contribution is 0.170. The van der Waals surface area contributed by atoms with Crippen molar-refractivity contribution in [3.05, 3.63) is 0 Å². The van der Waals surface area contributed by atoms with Crippen LogP contribution in [0.4, 0.5) is 0 Å². The number of hydrogen-bond acceptors (Lipinski definition) is 2. The molecule has 1 heterocycles. The molecule has 0 spiro atoms. The average molecular weight is 211 g/mol. The second-order valence-corrected chi connectivity index (χ2v) is 4.89. The summed E-state index contributed by atoms with van der Waals surface area (Å²) in [5.74, 6) is 1.48. The lowest BCUT2D eigenvalue weighted by atomic mass is 9.92. The van der Waals surface area contributed by atoms with Gasteiger partial charge in [-0.25, -0.2) is 0 Å². The van der Waals surface area contributed by atoms with Crippen LogP contribution in [0, 0.1) is 17.2 Å². The second-order valence-electron chi connectivity index (χ2n) is 4.89. The Bertz CT molecular complexity index is 195. The van der Waals surface area contributed by atoms with Crippen molar-refractivity contribution < 1.29 is 0 Å². The zero-order chi connectivity index (χ0) is 11.3. The van der Waals surface area contributed by atoms with E-state index in [0.29, 0.717) is 5.84 Å². The van der Waals surface area contributed by atoms with Gasteiger partial charge in [0.25, 0.3) is 0 Å². The minimum absolute atomic E-state index is 0.215. The zero-order valence-corrected chi connectivity index (χ0v) is 10.1. The Labute approximate surface area is 93.5 Å². The van der Waals surface area contributed by atoms with Gasteiger partial charge in [-0.2, -0.15) is 0 Å². The van der Waals surface area contributed by atoms with Crippen molar-refractivity contribution in [2.24, 2.45) is 17.6 Å². The van der Waals surface area contributed by atoms with Crippen LogP contribution in [0.25, 0.3) is 0 Å². The Morgan fingerprint density at radius 3 is 2.53 bits per heavy atom. The third-order valence-corrected chi connectivity index (χ3v) is 3.47. The molecule has 0 amide bonds. The van der Waals surface area contributed by atoms with Crippen molar-refractivity contribution in [2.75, 3.05) is 19.6 Å². The van der Waals surface area contributed by atoms with Gasteiger partial charge < -0.3 is 10.6 Å². The van der Waals surface area contributed by atoms with Crippen molar-refractivity contribution in [3.8, 4) is 0 Å². The van der Waals surface area contributed by atoms with Crippen LogP contribution >= 0.6 is 0 Å². The summed E-state index contributed by atoms with van der Waals surface area (Å²) in [4.78, 5) is 2.46. The maximum atomic E-state index is 7.38. The summed E-state index contributed by atoms with van der Waals surface area (Å²) in [5, 5.41) is 7.38. The van der Waals surface area contributed by atoms with E-state index in [1.165, 1.54) is 38.8 Å². The van der Waals surface area contributed by atoms with E-state index >= 15 is 0 Å². The van der Waals surface area contributed by atoms with E-state index in [0.717, 1.165) is 12.5 Å². The molecule has 0 aromatic heterocycles. The maximum absolute atomic E-state index is 7.38. The molecule has 1 fully saturated rings. The molecule has 1 rings (SSSR count). The number of hydrogen-bond donors (Lipinski definition) is 2. The highest BCUT2D eigenvalue weighted by Crippen LogP contribution is 2.22. The van der Waals surface area contributed by atoms with Crippen LogP contribution in [0.5, 0.6) is 0 Å². The molecule has 1 unspecified atom stereocenters. The van der Waals surface area contributed by atoms with Crippen molar-refractivity contribution in [1.29, 1.82) is 5.41 Å². The van der Waals surface area contributed by atoms with Crippen LogP contribution in [0.15, 0.2) is 0 Å². The maximum Gasteiger partial charge on any atom is 0.0947 e. The molecule has 0 saturated carbocycles. The molecule has 88 valence electrons. The molecule has 15 heavy (non-hydrogen) atoms. The van der Waals surface area contributed by atoms with Gasteiger partial charge in [0.2, 0.25) is 0 Å². The number of nitrogens with one attached hydrogen (secondary N) is 1. The standard InChI is InChI=1S/C12H25N3/c1-3-4-11-5-7-15(8-6-11)9-10(2)12(13)14/h10-11H,3-9H2,1-2H3,(H3,13,14). The Kier molecular flexibility index (Phi) is 5.09. The van der Waals surface area contributed by atoms with Gasteiger partial charge in [-0.3, -0.25) is 5.41 Å². The molecule has 0 bridgehead atoms. The van der Waals surface area contributed by atoms with Crippen LogP contribution in [-0.4, -0.2) is 30.4 Å². The summed E-state index contributed by atoms with van der Waals surface area (Å²) in [7, 11) is 0. The Hall–Kier alpha value is -0.570. The first kappa shape index (κ1) is 12.5. The number of likely N-dealkylation sites (tertiary alicyclic amines) is 1. The molecule has 3 heteroatoms. The topological polar surface area (TPSA) is 53.1 Å². The summed E-state index contributed by atoms with van der Waals surface area (Å²) in [6.07, 6.45) is 5.36. The normalized spacial score (nSPS) is 21.5. The molecule has 0 aliphatic carbocycles. The van der Waals surface area contributed by atoms with Gasteiger partial charge in [-0.1, -0.05) is 26.7 Å². The fourth-order valence-corrected chi connectivity index (χ4v) is 2.35. The van der Waals surface area contributed by atoms with Crippen LogP contribution in [-0.2, 0) is 0 Å². The van der Waals surface area contributed by atoms with Gasteiger partial charge in [0.05, 0.1) is 5.84 Å². The summed E-state index contributed by atoms with van der Waals surface area (Å²) < 4.78 is 0. The van der Waals surface area contributed by atoms with Gasteiger partial charge in [-0.15, -0.1) is 0 Å². The fraction of sp³-hybridized carbons (Fsp3) is 0.917. The molecule has 0 aromatic rings. The summed E-state index contributed by atoms with van der Waals surface area (Å²) >= 11 is 0. The van der Waals surface area contributed by atoms with Gasteiger partial charge in [0, 0.05) is 12.5 Å². The summed E-state index contributed by atoms with van der Waals surface area (Å²) in [6, 6.07) is 0. The van der Waals surface area contributed by atoms with Gasteiger partial charge in [0.1, 0.15) is 0 Å². The molecule has 1 aliphatic heterocycles. The van der Waals surface area contributed by atoms with Crippen LogP contribution in [0.3, 0.4) is 0 Å². The Morgan fingerprint density at radius 1 is 1.47 bits per heavy atom. The SMILES string of the molecule is CCCC1CCN(CC(C)C(=N)N)CC1. The molecular formula is C12H25N3. The van der Waals surface area contributed by atoms with E-state index in [4.69, 9.17) is 11.1 Å². The predicted octanol–water partition coefficient (Wildman–Crippen LogP) is 2.07. The molecule has 3 N–H and O–H groups in total. The van der Waals surface area contributed by atoms with Crippen LogP contribution in [0.2, 0.25) is 0 Å². The van der Waals surface area contributed by atoms with E-state index in [9.17, 15) is 0 Å². The number of amidine groups is 1. The zero-order valence-electron chi connectivity index (χ0n) is 10.1. The summed E-state index contributed by atoms with van der Waals surface area (Å²) in [5.41, 5.74) is 5.48. The van der Waals surface area contributed by atoms with E-state index < -0.39 is 0 Å². The molecular weight excluding hydrogens is 186 g/mol. The van der Waals surface area contributed by atoms with Crippen LogP contribution < -0.4 is 5.73 Å². The second kappa shape index (κ2) is 6.11. The first-order chi connectivity index (χ1) is 7.13. The quantitative estimate of drug-likeness (QED) is 0.540. The number of nitrogens with zero attached hydrogens (tertiary/aromatic N) is 1. The molecule has 1 aliphatic rings. The minimum atomic E-state index is 0.215. The van der Waals surface area contributed by atoms with E-state index in [1.54, 1.807) is 0 Å². The van der Waals surface area contributed by atoms with Gasteiger partial charge in [-0.05, 0) is 31.8 Å². The highest BCUT2D eigenvalue weighted by molar-refractivity contribution is 5.79. The van der Waals surface area contributed by atoms with Crippen molar-refractivity contribution in [1.82, 2.24) is 4.90 Å². The van der Waals surface area contributed by atoms with Gasteiger partial charge >= 0.3 is 0 Å². The minimum Gasteiger partial charge on any atom is -0.387 e. The third-order valence-electron chi connectivity index (χ3n) is 3.47. The van der Waals surface area contributed by atoms with E-state index in [2.05, 4.69) is 11.8 Å². The third kappa shape index (κ3) is 4.20. The monoisotopic (exact) mass is 211 g/mol. The smallest absolute Gasteiger partial charge is 0.0947 e. The van der Waals surface area contributed by atoms with Gasteiger partial charge in [0.15, 0.2) is 0 Å². The summed E-state index contributed by atoms with van der Waals surface area (Å²) in [6.45, 7) is 7.67. The lowest BCUT2D eigenvalue weighted by Gasteiger charge is -2.33. The van der Waals surface area contributed by atoms with Crippen molar-refractivity contribution in [2.45, 2.75) is 39.5 Å². The highest BCUT2D eigenvalue weighted by Gasteiger charge is 2.20. The number of nitrogens with two attached hydrogens (primary N) is 1. The molecule has 0 radical (unpaired) electrons. The molecule has 3 nitrogen and oxygen atoms in total. The Balaban J connectivity index is 2.22. The van der Waals surface area contributed by atoms with Crippen molar-refractivity contribution >= 4 is 5.84 Å². The van der Waals surface area contributed by atoms with Crippen LogP contribution in [0.1, 0.15) is 39.5 Å². The van der Waals surface area contributed by atoms with Crippen molar-refractivity contribution in [3.63, 3.8) is 0 Å².